The molecule has 1 saturated heterocycles. The minimum absolute atomic E-state index is 0.167. The molecule has 1 aliphatic heterocycles. The standard InChI is InChI=1S/C16H23N4O3/c1-11(2)6-15(22)19-14(7-12-8-17-10-18-12)16(23)20-5-3-4-13(20)9-21/h8,10-11,13-14H,3-7H2,1-2H3,(H,17,18)(H,19,22)/t13-,14-/m0/s1. The van der Waals surface area contributed by atoms with Crippen molar-refractivity contribution in [3.05, 3.63) is 18.2 Å². The normalized spacial score (nSPS) is 18.9. The molecule has 7 nitrogen and oxygen atoms in total. The number of imidazole rings is 1. The van der Waals surface area contributed by atoms with Crippen LogP contribution in [0.3, 0.4) is 0 Å². The van der Waals surface area contributed by atoms with Crippen molar-refractivity contribution in [2.45, 2.75) is 51.6 Å². The molecule has 1 aromatic heterocycles. The minimum Gasteiger partial charge on any atom is -0.351 e. The van der Waals surface area contributed by atoms with Gasteiger partial charge in [0.25, 0.3) is 0 Å². The summed E-state index contributed by atoms with van der Waals surface area (Å²) in [5.41, 5.74) is 0.694. The molecule has 1 aliphatic rings. The fraction of sp³-hybridized carbons (Fsp3) is 0.625. The number of carbonyl (C=O) groups is 2. The molecule has 2 heterocycles. The van der Waals surface area contributed by atoms with Crippen molar-refractivity contribution in [1.29, 1.82) is 0 Å². The van der Waals surface area contributed by atoms with E-state index in [9.17, 15) is 14.4 Å². The maximum atomic E-state index is 12.8. The maximum absolute atomic E-state index is 12.8. The number of hydrogen-bond acceptors (Lipinski definition) is 4. The molecule has 0 aliphatic carbocycles. The number of aromatic nitrogens is 2. The summed E-state index contributed by atoms with van der Waals surface area (Å²) >= 11 is 0. The third kappa shape index (κ3) is 4.64. The number of hydrogen-bond donors (Lipinski definition) is 2. The van der Waals surface area contributed by atoms with Crippen LogP contribution in [0.15, 0.2) is 12.5 Å². The topological polar surface area (TPSA) is 95.2 Å². The molecule has 1 fully saturated rings. The second kappa shape index (κ2) is 7.89. The highest BCUT2D eigenvalue weighted by molar-refractivity contribution is 5.89. The van der Waals surface area contributed by atoms with Crippen LogP contribution in [0.4, 0.5) is 0 Å². The van der Waals surface area contributed by atoms with E-state index in [0.717, 1.165) is 6.42 Å². The van der Waals surface area contributed by atoms with Crippen LogP contribution in [0, 0.1) is 5.92 Å². The highest BCUT2D eigenvalue weighted by Gasteiger charge is 2.34. The van der Waals surface area contributed by atoms with Gasteiger partial charge in [0.2, 0.25) is 18.1 Å². The van der Waals surface area contributed by atoms with Crippen molar-refractivity contribution in [2.75, 3.05) is 6.54 Å². The molecule has 0 unspecified atom stereocenters. The Kier molecular flexibility index (Phi) is 5.90. The second-order valence-corrected chi connectivity index (χ2v) is 6.29. The maximum Gasteiger partial charge on any atom is 0.246 e. The lowest BCUT2D eigenvalue weighted by atomic mass is 10.1. The number of amides is 2. The van der Waals surface area contributed by atoms with E-state index in [1.807, 2.05) is 20.1 Å². The van der Waals surface area contributed by atoms with Gasteiger partial charge in [-0.25, -0.2) is 4.98 Å². The van der Waals surface area contributed by atoms with Gasteiger partial charge in [0.05, 0.1) is 18.1 Å². The number of nitrogens with one attached hydrogen (secondary N) is 2. The molecular weight excluding hydrogens is 296 g/mol. The molecule has 2 N–H and O–H groups in total. The molecule has 7 heteroatoms. The van der Waals surface area contributed by atoms with E-state index in [1.165, 1.54) is 11.2 Å². The van der Waals surface area contributed by atoms with E-state index in [0.29, 0.717) is 31.5 Å². The first-order valence-corrected chi connectivity index (χ1v) is 7.96. The lowest BCUT2D eigenvalue weighted by Crippen LogP contribution is -2.51. The molecular formula is C16H23N4O3. The Balaban J connectivity index is 2.09. The Morgan fingerprint density at radius 2 is 2.30 bits per heavy atom. The van der Waals surface area contributed by atoms with Crippen LogP contribution >= 0.6 is 0 Å². The number of nitrogens with zero attached hydrogens (tertiary/aromatic N) is 2. The number of carbonyl (C=O) groups excluding carboxylic acids is 3. The lowest BCUT2D eigenvalue weighted by molar-refractivity contribution is -0.136. The van der Waals surface area contributed by atoms with Gasteiger partial charge >= 0.3 is 0 Å². The molecule has 2 atom stereocenters. The van der Waals surface area contributed by atoms with E-state index in [1.54, 1.807) is 6.20 Å². The minimum atomic E-state index is -0.710. The Hall–Kier alpha value is -2.18. The average Bonchev–Trinajstić information content (AvgIpc) is 3.15. The molecule has 0 saturated carbocycles. The molecule has 0 bridgehead atoms. The first kappa shape index (κ1) is 17.2. The number of rotatable bonds is 7. The zero-order valence-corrected chi connectivity index (χ0v) is 13.5. The summed E-state index contributed by atoms with van der Waals surface area (Å²) in [7, 11) is 0. The van der Waals surface area contributed by atoms with E-state index >= 15 is 0 Å². The molecule has 1 radical (unpaired) electrons. The van der Waals surface area contributed by atoms with Gasteiger partial charge in [0, 0.05) is 25.6 Å². The van der Waals surface area contributed by atoms with Crippen LogP contribution in [0.2, 0.25) is 0 Å². The fourth-order valence-corrected chi connectivity index (χ4v) is 2.79. The van der Waals surface area contributed by atoms with Crippen molar-refractivity contribution in [3.63, 3.8) is 0 Å². The Morgan fingerprint density at radius 1 is 1.52 bits per heavy atom. The summed E-state index contributed by atoms with van der Waals surface area (Å²) in [5, 5.41) is 2.79. The van der Waals surface area contributed by atoms with Gasteiger partial charge in [-0.3, -0.25) is 14.4 Å². The summed E-state index contributed by atoms with van der Waals surface area (Å²) in [6.45, 7) is 4.42. The van der Waals surface area contributed by atoms with E-state index in [2.05, 4.69) is 15.3 Å². The van der Waals surface area contributed by atoms with Crippen LogP contribution < -0.4 is 5.32 Å². The zero-order chi connectivity index (χ0) is 16.8. The average molecular weight is 319 g/mol. The van der Waals surface area contributed by atoms with Crippen LogP contribution in [-0.2, 0) is 20.8 Å². The quantitative estimate of drug-likeness (QED) is 0.768. The first-order chi connectivity index (χ1) is 11.0. The number of likely N-dealkylation sites (tertiary alicyclic amines) is 1. The predicted octanol–water partition coefficient (Wildman–Crippen LogP) is 0.584. The van der Waals surface area contributed by atoms with Crippen LogP contribution in [0.25, 0.3) is 0 Å². The smallest absolute Gasteiger partial charge is 0.246 e. The van der Waals surface area contributed by atoms with E-state index < -0.39 is 12.1 Å². The highest BCUT2D eigenvalue weighted by atomic mass is 16.2. The highest BCUT2D eigenvalue weighted by Crippen LogP contribution is 2.17. The first-order valence-electron chi connectivity index (χ1n) is 7.96. The van der Waals surface area contributed by atoms with Gasteiger partial charge in [0.15, 0.2) is 0 Å². The number of H-pyrrole nitrogens is 1. The van der Waals surface area contributed by atoms with Gasteiger partial charge < -0.3 is 15.2 Å². The fourth-order valence-electron chi connectivity index (χ4n) is 2.79. The van der Waals surface area contributed by atoms with Gasteiger partial charge in [-0.2, -0.15) is 0 Å². The summed E-state index contributed by atoms with van der Waals surface area (Å²) in [6, 6.07) is -1.22. The molecule has 1 aromatic rings. The summed E-state index contributed by atoms with van der Waals surface area (Å²) in [4.78, 5) is 44.3. The predicted molar refractivity (Wildman–Crippen MR) is 84.1 cm³/mol. The molecule has 2 rings (SSSR count). The number of aromatic amines is 1. The van der Waals surface area contributed by atoms with E-state index in [4.69, 9.17) is 0 Å². The summed E-state index contributed by atoms with van der Waals surface area (Å²) in [5.74, 6) is -0.199. The van der Waals surface area contributed by atoms with Crippen LogP contribution in [-0.4, -0.2) is 51.6 Å². The monoisotopic (exact) mass is 319 g/mol. The Morgan fingerprint density at radius 3 is 2.91 bits per heavy atom. The van der Waals surface area contributed by atoms with Gasteiger partial charge in [-0.15, -0.1) is 0 Å². The third-order valence-electron chi connectivity index (χ3n) is 3.87. The second-order valence-electron chi connectivity index (χ2n) is 6.29. The van der Waals surface area contributed by atoms with Crippen molar-refractivity contribution in [3.8, 4) is 0 Å². The van der Waals surface area contributed by atoms with Gasteiger partial charge in [0.1, 0.15) is 6.04 Å². The van der Waals surface area contributed by atoms with Gasteiger partial charge in [-0.05, 0) is 18.8 Å². The Bertz CT molecular complexity index is 542. The molecule has 2 amide bonds. The zero-order valence-electron chi connectivity index (χ0n) is 13.5. The van der Waals surface area contributed by atoms with Crippen molar-refractivity contribution in [2.24, 2.45) is 5.92 Å². The summed E-state index contributed by atoms with van der Waals surface area (Å²) in [6.07, 6.45) is 7.21. The largest absolute Gasteiger partial charge is 0.351 e. The van der Waals surface area contributed by atoms with Crippen molar-refractivity contribution < 1.29 is 14.4 Å². The van der Waals surface area contributed by atoms with Crippen molar-refractivity contribution >= 4 is 18.1 Å². The van der Waals surface area contributed by atoms with Crippen LogP contribution in [0.1, 0.15) is 38.8 Å². The molecule has 0 spiro atoms. The van der Waals surface area contributed by atoms with Crippen molar-refractivity contribution in [1.82, 2.24) is 20.2 Å². The molecule has 125 valence electrons. The van der Waals surface area contributed by atoms with Gasteiger partial charge in [-0.1, -0.05) is 13.8 Å². The van der Waals surface area contributed by atoms with Crippen LogP contribution in [0.5, 0.6) is 0 Å². The summed E-state index contributed by atoms with van der Waals surface area (Å²) < 4.78 is 0. The SMILES string of the molecule is CC(C)CC(=O)N[C@@H](Cc1c[nH]cn1)C(=O)N1CCC[C@H]1[C]=O. The third-order valence-corrected chi connectivity index (χ3v) is 3.87. The van der Waals surface area contributed by atoms with E-state index in [-0.39, 0.29) is 17.7 Å². The Labute approximate surface area is 135 Å². The molecule has 0 aromatic carbocycles. The lowest BCUT2D eigenvalue weighted by Gasteiger charge is -2.26. The molecule has 23 heavy (non-hydrogen) atoms.